The molecule has 3 aromatic rings. The van der Waals surface area contributed by atoms with Gasteiger partial charge in [-0.25, -0.2) is 0 Å². The van der Waals surface area contributed by atoms with Crippen molar-refractivity contribution in [2.24, 2.45) is 5.92 Å². The van der Waals surface area contributed by atoms with Gasteiger partial charge in [-0.2, -0.15) is 0 Å². The fourth-order valence-electron chi connectivity index (χ4n) is 3.25. The van der Waals surface area contributed by atoms with Crippen LogP contribution in [0.1, 0.15) is 46.2 Å². The van der Waals surface area contributed by atoms with Crippen LogP contribution in [0.15, 0.2) is 45.5 Å². The number of ether oxygens (including phenoxy) is 3. The lowest BCUT2D eigenvalue weighted by Crippen LogP contribution is -2.30. The van der Waals surface area contributed by atoms with Crippen LogP contribution >= 0.6 is 0 Å². The first-order chi connectivity index (χ1) is 16.4. The number of nitrogens with one attached hydrogen (secondary N) is 1. The average Bonchev–Trinajstić information content (AvgIpc) is 3.53. The zero-order chi connectivity index (χ0) is 24.7. The van der Waals surface area contributed by atoms with Crippen molar-refractivity contribution in [3.8, 4) is 17.2 Å². The van der Waals surface area contributed by atoms with Gasteiger partial charge in [-0.05, 0) is 30.2 Å². The van der Waals surface area contributed by atoms with Crippen molar-refractivity contribution in [2.45, 2.75) is 26.9 Å². The third kappa shape index (κ3) is 5.89. The second-order valence-corrected chi connectivity index (χ2v) is 7.94. The number of rotatable bonds is 11. The molecular weight excluding hydrogens is 442 g/mol. The SMILES string of the molecule is COc1cc(C(=O)N(Cc2ccco2)Cc2cc(C(=O)NCC(C)C)no2)cc(OC)c1OC. The van der Waals surface area contributed by atoms with Crippen molar-refractivity contribution in [2.75, 3.05) is 27.9 Å². The number of benzene rings is 1. The fraction of sp³-hybridized carbons (Fsp3) is 0.375. The molecule has 3 rings (SSSR count). The Morgan fingerprint density at radius 3 is 2.26 bits per heavy atom. The van der Waals surface area contributed by atoms with Gasteiger partial charge in [-0.1, -0.05) is 19.0 Å². The van der Waals surface area contributed by atoms with E-state index in [-0.39, 0.29) is 30.6 Å². The number of nitrogens with zero attached hydrogens (tertiary/aromatic N) is 2. The van der Waals surface area contributed by atoms with Crippen molar-refractivity contribution in [3.63, 3.8) is 0 Å². The summed E-state index contributed by atoms with van der Waals surface area (Å²) in [5, 5.41) is 6.64. The van der Waals surface area contributed by atoms with Crippen molar-refractivity contribution >= 4 is 11.8 Å². The van der Waals surface area contributed by atoms with Gasteiger partial charge in [-0.15, -0.1) is 0 Å². The van der Waals surface area contributed by atoms with E-state index < -0.39 is 0 Å². The van der Waals surface area contributed by atoms with E-state index in [1.54, 1.807) is 24.3 Å². The first-order valence-electron chi connectivity index (χ1n) is 10.7. The van der Waals surface area contributed by atoms with Crippen LogP contribution in [0.4, 0.5) is 0 Å². The topological polar surface area (TPSA) is 116 Å². The van der Waals surface area contributed by atoms with Crippen molar-refractivity contribution in [1.29, 1.82) is 0 Å². The smallest absolute Gasteiger partial charge is 0.273 e. The van der Waals surface area contributed by atoms with Crippen LogP contribution in [0.2, 0.25) is 0 Å². The van der Waals surface area contributed by atoms with Crippen LogP contribution in [0.25, 0.3) is 0 Å². The summed E-state index contributed by atoms with van der Waals surface area (Å²) in [5.41, 5.74) is 0.462. The highest BCUT2D eigenvalue weighted by molar-refractivity contribution is 5.95. The molecule has 182 valence electrons. The molecular formula is C24H29N3O7. The molecule has 0 aliphatic carbocycles. The summed E-state index contributed by atoms with van der Waals surface area (Å²) in [6.07, 6.45) is 1.53. The normalized spacial score (nSPS) is 10.8. The second kappa shape index (κ2) is 11.3. The van der Waals surface area contributed by atoms with Crippen molar-refractivity contribution in [3.05, 3.63) is 59.4 Å². The van der Waals surface area contributed by atoms with E-state index in [4.69, 9.17) is 23.2 Å². The standard InChI is InChI=1S/C24H29N3O7/c1-15(2)12-25-23(28)19-11-18(34-26-19)14-27(13-17-7-6-8-33-17)24(29)16-9-20(30-3)22(32-5)21(10-16)31-4/h6-11,15H,12-14H2,1-5H3,(H,25,28). The molecule has 1 N–H and O–H groups in total. The first-order valence-corrected chi connectivity index (χ1v) is 10.7. The summed E-state index contributed by atoms with van der Waals surface area (Å²) in [4.78, 5) is 27.3. The van der Waals surface area contributed by atoms with Gasteiger partial charge < -0.3 is 33.4 Å². The van der Waals surface area contributed by atoms with Crippen LogP contribution in [0.3, 0.4) is 0 Å². The lowest BCUT2D eigenvalue weighted by Gasteiger charge is -2.21. The molecule has 0 atom stereocenters. The Labute approximate surface area is 197 Å². The van der Waals surface area contributed by atoms with Gasteiger partial charge in [0.1, 0.15) is 5.76 Å². The second-order valence-electron chi connectivity index (χ2n) is 7.94. The molecule has 0 unspecified atom stereocenters. The molecule has 10 heteroatoms. The number of carbonyl (C=O) groups is 2. The number of carbonyl (C=O) groups excluding carboxylic acids is 2. The van der Waals surface area contributed by atoms with Gasteiger partial charge in [-0.3, -0.25) is 9.59 Å². The summed E-state index contributed by atoms with van der Waals surface area (Å²) >= 11 is 0. The summed E-state index contributed by atoms with van der Waals surface area (Å²) in [7, 11) is 4.45. The maximum atomic E-state index is 13.5. The van der Waals surface area contributed by atoms with Gasteiger partial charge in [0.25, 0.3) is 11.8 Å². The Hall–Kier alpha value is -3.95. The van der Waals surface area contributed by atoms with Gasteiger partial charge in [0.2, 0.25) is 5.75 Å². The monoisotopic (exact) mass is 471 g/mol. The van der Waals surface area contributed by atoms with E-state index in [0.717, 1.165) is 0 Å². The molecule has 0 aliphatic heterocycles. The van der Waals surface area contributed by atoms with Crippen LogP contribution in [-0.4, -0.2) is 49.7 Å². The van der Waals surface area contributed by atoms with E-state index in [0.29, 0.717) is 46.8 Å². The molecule has 1 aromatic carbocycles. The highest BCUT2D eigenvalue weighted by Crippen LogP contribution is 2.38. The number of methoxy groups -OCH3 is 3. The maximum Gasteiger partial charge on any atom is 0.273 e. The summed E-state index contributed by atoms with van der Waals surface area (Å²) in [5.74, 6) is 1.65. The van der Waals surface area contributed by atoms with Crippen LogP contribution in [0, 0.1) is 5.92 Å². The van der Waals surface area contributed by atoms with Gasteiger partial charge in [0.15, 0.2) is 23.0 Å². The van der Waals surface area contributed by atoms with E-state index in [9.17, 15) is 9.59 Å². The fourth-order valence-corrected chi connectivity index (χ4v) is 3.25. The Morgan fingerprint density at radius 2 is 1.71 bits per heavy atom. The molecule has 0 radical (unpaired) electrons. The molecule has 0 bridgehead atoms. The predicted octanol–water partition coefficient (Wildman–Crippen LogP) is 3.52. The van der Waals surface area contributed by atoms with E-state index in [1.165, 1.54) is 38.6 Å². The quantitative estimate of drug-likeness (QED) is 0.452. The number of hydrogen-bond donors (Lipinski definition) is 1. The zero-order valence-corrected chi connectivity index (χ0v) is 19.9. The summed E-state index contributed by atoms with van der Waals surface area (Å²) < 4.78 is 26.9. The van der Waals surface area contributed by atoms with Crippen LogP contribution in [-0.2, 0) is 13.1 Å². The largest absolute Gasteiger partial charge is 0.493 e. The molecule has 0 spiro atoms. The number of hydrogen-bond acceptors (Lipinski definition) is 8. The molecule has 0 saturated carbocycles. The van der Waals surface area contributed by atoms with Crippen molar-refractivity contribution < 1.29 is 32.7 Å². The third-order valence-corrected chi connectivity index (χ3v) is 4.93. The Balaban J connectivity index is 1.87. The maximum absolute atomic E-state index is 13.5. The molecule has 10 nitrogen and oxygen atoms in total. The Bertz CT molecular complexity index is 1080. The minimum absolute atomic E-state index is 0.0562. The highest BCUT2D eigenvalue weighted by atomic mass is 16.5. The van der Waals surface area contributed by atoms with E-state index in [1.807, 2.05) is 13.8 Å². The molecule has 2 aromatic heterocycles. The van der Waals surface area contributed by atoms with E-state index >= 15 is 0 Å². The zero-order valence-electron chi connectivity index (χ0n) is 19.9. The highest BCUT2D eigenvalue weighted by Gasteiger charge is 2.24. The molecule has 0 aliphatic rings. The first kappa shape index (κ1) is 24.7. The van der Waals surface area contributed by atoms with Crippen molar-refractivity contribution in [1.82, 2.24) is 15.4 Å². The Kier molecular flexibility index (Phi) is 8.18. The predicted molar refractivity (Wildman–Crippen MR) is 122 cm³/mol. The third-order valence-electron chi connectivity index (χ3n) is 4.93. The molecule has 34 heavy (non-hydrogen) atoms. The average molecular weight is 472 g/mol. The molecule has 2 amide bonds. The van der Waals surface area contributed by atoms with Gasteiger partial charge in [0.05, 0.1) is 40.7 Å². The minimum Gasteiger partial charge on any atom is -0.493 e. The van der Waals surface area contributed by atoms with E-state index in [2.05, 4.69) is 10.5 Å². The summed E-state index contributed by atoms with van der Waals surface area (Å²) in [6.45, 7) is 4.73. The lowest BCUT2D eigenvalue weighted by molar-refractivity contribution is 0.0699. The molecule has 2 heterocycles. The number of aromatic nitrogens is 1. The number of furan rings is 1. The minimum atomic E-state index is -0.336. The molecule has 0 saturated heterocycles. The van der Waals surface area contributed by atoms with Gasteiger partial charge >= 0.3 is 0 Å². The van der Waals surface area contributed by atoms with Crippen LogP contribution in [0.5, 0.6) is 17.2 Å². The van der Waals surface area contributed by atoms with Gasteiger partial charge in [0, 0.05) is 18.2 Å². The Morgan fingerprint density at radius 1 is 1.03 bits per heavy atom. The lowest BCUT2D eigenvalue weighted by atomic mass is 10.1. The molecule has 0 fully saturated rings. The van der Waals surface area contributed by atoms with Crippen LogP contribution < -0.4 is 19.5 Å². The number of amides is 2. The summed E-state index contributed by atoms with van der Waals surface area (Å²) in [6, 6.07) is 8.17.